The number of rotatable bonds is 3. The number of hydrogen-bond donors (Lipinski definition) is 1. The van der Waals surface area contributed by atoms with Gasteiger partial charge in [0.25, 0.3) is 0 Å². The van der Waals surface area contributed by atoms with E-state index in [2.05, 4.69) is 4.98 Å². The van der Waals surface area contributed by atoms with Crippen LogP contribution in [0.2, 0.25) is 0 Å². The molecule has 0 spiro atoms. The first kappa shape index (κ1) is 13.3. The van der Waals surface area contributed by atoms with Crippen molar-refractivity contribution in [1.82, 2.24) is 4.98 Å². The smallest absolute Gasteiger partial charge is 0.376 e. The Kier molecular flexibility index (Phi) is 3.64. The third-order valence-electron chi connectivity index (χ3n) is 3.19. The maximum absolute atomic E-state index is 11.9. The second-order valence-corrected chi connectivity index (χ2v) is 4.65. The summed E-state index contributed by atoms with van der Waals surface area (Å²) in [7, 11) is 0. The summed E-state index contributed by atoms with van der Waals surface area (Å²) in [4.78, 5) is 35.7. The number of esters is 1. The molecule has 0 radical (unpaired) electrons. The zero-order valence-corrected chi connectivity index (χ0v) is 10.5. The maximum Gasteiger partial charge on any atom is 0.376 e. The molecule has 0 bridgehead atoms. The van der Waals surface area contributed by atoms with E-state index in [0.717, 1.165) is 25.7 Å². The first-order chi connectivity index (χ1) is 8.99. The number of aromatic nitrogens is 1. The van der Waals surface area contributed by atoms with Crippen molar-refractivity contribution in [2.75, 3.05) is 0 Å². The molecule has 19 heavy (non-hydrogen) atoms. The molecule has 1 aromatic heterocycles. The molecule has 1 aliphatic rings. The topological polar surface area (TPSA) is 102 Å². The molecule has 0 amide bonds. The van der Waals surface area contributed by atoms with E-state index in [9.17, 15) is 19.7 Å². The quantitative estimate of drug-likeness (QED) is 0.509. The van der Waals surface area contributed by atoms with E-state index in [-0.39, 0.29) is 11.7 Å². The molecule has 0 saturated heterocycles. The van der Waals surface area contributed by atoms with Gasteiger partial charge in [-0.25, -0.2) is 0 Å². The number of hydrogen-bond acceptors (Lipinski definition) is 5. The Morgan fingerprint density at radius 1 is 1.47 bits per heavy atom. The van der Waals surface area contributed by atoms with Gasteiger partial charge in [-0.2, -0.15) is 0 Å². The van der Waals surface area contributed by atoms with Gasteiger partial charge >= 0.3 is 17.2 Å². The number of H-pyrrole nitrogens is 1. The van der Waals surface area contributed by atoms with Crippen LogP contribution in [0.3, 0.4) is 0 Å². The molecule has 1 heterocycles. The van der Waals surface area contributed by atoms with Crippen LogP contribution in [0.5, 0.6) is 5.75 Å². The van der Waals surface area contributed by atoms with Crippen molar-refractivity contribution in [2.24, 2.45) is 5.92 Å². The van der Waals surface area contributed by atoms with Gasteiger partial charge in [0.1, 0.15) is 0 Å². The number of pyridine rings is 1. The second-order valence-electron chi connectivity index (χ2n) is 4.65. The van der Waals surface area contributed by atoms with Crippen molar-refractivity contribution in [2.45, 2.75) is 32.6 Å². The van der Waals surface area contributed by atoms with E-state index in [1.165, 1.54) is 6.07 Å². The van der Waals surface area contributed by atoms with Crippen LogP contribution in [0.1, 0.15) is 31.4 Å². The highest BCUT2D eigenvalue weighted by Gasteiger charge is 2.29. The standard InChI is InChI=1S/C12H14N2O5/c1-7-6-9(10(14(17)18)11(15)13-7)19-12(16)8-4-2-3-5-8/h6,8H,2-5H2,1H3,(H,13,15). The molecule has 1 aromatic rings. The van der Waals surface area contributed by atoms with Gasteiger partial charge in [-0.3, -0.25) is 19.7 Å². The fourth-order valence-electron chi connectivity index (χ4n) is 2.26. The Hall–Kier alpha value is -2.18. The zero-order valence-electron chi connectivity index (χ0n) is 10.5. The Labute approximate surface area is 108 Å². The predicted octanol–water partition coefficient (Wildman–Crippen LogP) is 1.69. The monoisotopic (exact) mass is 266 g/mol. The van der Waals surface area contributed by atoms with Crippen molar-refractivity contribution >= 4 is 11.7 Å². The minimum Gasteiger partial charge on any atom is -0.419 e. The molecule has 2 rings (SSSR count). The Balaban J connectivity index is 2.30. The lowest BCUT2D eigenvalue weighted by molar-refractivity contribution is -0.387. The van der Waals surface area contributed by atoms with Gasteiger partial charge in [-0.15, -0.1) is 0 Å². The number of carbonyl (C=O) groups excluding carboxylic acids is 1. The highest BCUT2D eigenvalue weighted by molar-refractivity contribution is 5.76. The second kappa shape index (κ2) is 5.21. The van der Waals surface area contributed by atoms with Crippen LogP contribution in [-0.2, 0) is 4.79 Å². The van der Waals surface area contributed by atoms with Crippen LogP contribution in [0.25, 0.3) is 0 Å². The normalized spacial score (nSPS) is 15.4. The van der Waals surface area contributed by atoms with Gasteiger partial charge in [-0.05, 0) is 19.8 Å². The first-order valence-electron chi connectivity index (χ1n) is 6.09. The van der Waals surface area contributed by atoms with Crippen molar-refractivity contribution in [1.29, 1.82) is 0 Å². The lowest BCUT2D eigenvalue weighted by Gasteiger charge is -2.09. The Bertz CT molecular complexity index is 572. The zero-order chi connectivity index (χ0) is 14.0. The lowest BCUT2D eigenvalue weighted by Crippen LogP contribution is -2.21. The molecule has 0 unspecified atom stereocenters. The molecule has 1 aliphatic carbocycles. The van der Waals surface area contributed by atoms with Crippen LogP contribution < -0.4 is 10.3 Å². The Morgan fingerprint density at radius 2 is 2.11 bits per heavy atom. The molecule has 0 aliphatic heterocycles. The van der Waals surface area contributed by atoms with Gasteiger partial charge in [0.05, 0.1) is 10.8 Å². The Morgan fingerprint density at radius 3 is 2.68 bits per heavy atom. The van der Waals surface area contributed by atoms with Crippen LogP contribution in [0.15, 0.2) is 10.9 Å². The molecule has 7 nitrogen and oxygen atoms in total. The third kappa shape index (κ3) is 2.81. The molecule has 0 aromatic carbocycles. The number of ether oxygens (including phenoxy) is 1. The van der Waals surface area contributed by atoms with Crippen molar-refractivity contribution < 1.29 is 14.5 Å². The van der Waals surface area contributed by atoms with Gasteiger partial charge in [0.15, 0.2) is 0 Å². The summed E-state index contributed by atoms with van der Waals surface area (Å²) in [5.41, 5.74) is -1.18. The summed E-state index contributed by atoms with van der Waals surface area (Å²) >= 11 is 0. The molecule has 0 atom stereocenters. The molecular weight excluding hydrogens is 252 g/mol. The van der Waals surface area contributed by atoms with E-state index in [0.29, 0.717) is 5.69 Å². The van der Waals surface area contributed by atoms with E-state index < -0.39 is 22.1 Å². The fourth-order valence-corrected chi connectivity index (χ4v) is 2.26. The lowest BCUT2D eigenvalue weighted by atomic mass is 10.1. The SMILES string of the molecule is Cc1cc(OC(=O)C2CCCC2)c([N+](=O)[O-])c(=O)[nH]1. The summed E-state index contributed by atoms with van der Waals surface area (Å²) in [6.45, 7) is 1.57. The molecular formula is C12H14N2O5. The summed E-state index contributed by atoms with van der Waals surface area (Å²) in [5.74, 6) is -0.993. The summed E-state index contributed by atoms with van der Waals surface area (Å²) in [6.07, 6.45) is 3.37. The molecule has 1 saturated carbocycles. The average molecular weight is 266 g/mol. The number of aromatic amines is 1. The van der Waals surface area contributed by atoms with Crippen molar-refractivity contribution in [3.05, 3.63) is 32.2 Å². The summed E-state index contributed by atoms with van der Waals surface area (Å²) < 4.78 is 5.05. The van der Waals surface area contributed by atoms with Gasteiger partial charge in [0, 0.05) is 11.8 Å². The number of nitro groups is 1. The molecule has 7 heteroatoms. The number of aryl methyl sites for hydroxylation is 1. The minimum absolute atomic E-state index is 0.223. The van der Waals surface area contributed by atoms with E-state index in [1.807, 2.05) is 0 Å². The van der Waals surface area contributed by atoms with Crippen LogP contribution in [0, 0.1) is 23.0 Å². The highest BCUT2D eigenvalue weighted by atomic mass is 16.6. The third-order valence-corrected chi connectivity index (χ3v) is 3.19. The van der Waals surface area contributed by atoms with E-state index >= 15 is 0 Å². The minimum atomic E-state index is -0.862. The van der Waals surface area contributed by atoms with Crippen LogP contribution >= 0.6 is 0 Å². The van der Waals surface area contributed by atoms with Gasteiger partial charge in [-0.1, -0.05) is 12.8 Å². The fraction of sp³-hybridized carbons (Fsp3) is 0.500. The number of nitrogens with one attached hydrogen (secondary N) is 1. The molecule has 1 N–H and O–H groups in total. The van der Waals surface area contributed by atoms with Crippen molar-refractivity contribution in [3.63, 3.8) is 0 Å². The number of nitrogens with zero attached hydrogens (tertiary/aromatic N) is 1. The predicted molar refractivity (Wildman–Crippen MR) is 66.0 cm³/mol. The van der Waals surface area contributed by atoms with Gasteiger partial charge < -0.3 is 9.72 Å². The largest absolute Gasteiger partial charge is 0.419 e. The van der Waals surface area contributed by atoms with Gasteiger partial charge in [0.2, 0.25) is 5.75 Å². The molecule has 1 fully saturated rings. The average Bonchev–Trinajstić information content (AvgIpc) is 2.80. The van der Waals surface area contributed by atoms with Crippen LogP contribution in [-0.4, -0.2) is 15.9 Å². The van der Waals surface area contributed by atoms with Crippen molar-refractivity contribution in [3.8, 4) is 5.75 Å². The van der Waals surface area contributed by atoms with Crippen LogP contribution in [0.4, 0.5) is 5.69 Å². The number of carbonyl (C=O) groups is 1. The van der Waals surface area contributed by atoms with E-state index in [1.54, 1.807) is 6.92 Å². The first-order valence-corrected chi connectivity index (χ1v) is 6.09. The molecule has 102 valence electrons. The van der Waals surface area contributed by atoms with E-state index in [4.69, 9.17) is 4.74 Å². The highest BCUT2D eigenvalue weighted by Crippen LogP contribution is 2.29. The summed E-state index contributed by atoms with van der Waals surface area (Å²) in [6, 6.07) is 1.30. The maximum atomic E-state index is 11.9. The summed E-state index contributed by atoms with van der Waals surface area (Å²) in [5, 5.41) is 10.9.